The standard InChI is InChI=1S/C44H49ClO4/c1-2-3-4-5-6-7-8-9-10-11-12-13-14-15-16-17-18-19-20-25-40(46)49-44-41(42(47)38-23-21-22-24-39(38)43(44)48)36-28-26-34(27-29-36)35-30-32-37(45)33-31-35/h3-4,6-7,9-10,12-13,15-16,18-19,21-24,30-34,36H,2,5,8,11,14,17,20,25-29H2,1H3/b4-3-,7-6-,10-9-,13-12-,16-15-,19-18-. The van der Waals surface area contributed by atoms with Crippen molar-refractivity contribution in [3.8, 4) is 0 Å². The third-order valence-corrected chi connectivity index (χ3v) is 9.17. The van der Waals surface area contributed by atoms with Gasteiger partial charge >= 0.3 is 5.97 Å². The van der Waals surface area contributed by atoms with Crippen molar-refractivity contribution < 1.29 is 19.1 Å². The predicted octanol–water partition coefficient (Wildman–Crippen LogP) is 12.0. The van der Waals surface area contributed by atoms with Crippen molar-refractivity contribution in [1.29, 1.82) is 0 Å². The van der Waals surface area contributed by atoms with Crippen LogP contribution in [0.25, 0.3) is 0 Å². The number of carbonyl (C=O) groups is 3. The lowest BCUT2D eigenvalue weighted by Gasteiger charge is -2.32. The maximum atomic E-state index is 13.7. The Balaban J connectivity index is 1.22. The van der Waals surface area contributed by atoms with E-state index in [-0.39, 0.29) is 29.7 Å². The van der Waals surface area contributed by atoms with E-state index in [1.165, 1.54) is 5.56 Å². The molecule has 4 rings (SSSR count). The lowest BCUT2D eigenvalue weighted by Crippen LogP contribution is -2.30. The minimum absolute atomic E-state index is 0.0774. The molecular formula is C44H49ClO4. The molecular weight excluding hydrogens is 628 g/mol. The van der Waals surface area contributed by atoms with E-state index in [4.69, 9.17) is 16.3 Å². The molecule has 1 fully saturated rings. The molecule has 5 heteroatoms. The molecule has 0 amide bonds. The molecule has 0 aliphatic heterocycles. The zero-order valence-corrected chi connectivity index (χ0v) is 29.5. The van der Waals surface area contributed by atoms with E-state index in [9.17, 15) is 14.4 Å². The molecule has 2 aliphatic carbocycles. The number of Topliss-reactive ketones (excluding diaryl/α,β-unsaturated/α-hetero) is 2. The average molecular weight is 677 g/mol. The third kappa shape index (κ3) is 12.0. The zero-order chi connectivity index (χ0) is 34.7. The van der Waals surface area contributed by atoms with E-state index in [1.807, 2.05) is 24.3 Å². The van der Waals surface area contributed by atoms with Crippen LogP contribution in [0.2, 0.25) is 5.02 Å². The van der Waals surface area contributed by atoms with Gasteiger partial charge in [-0.1, -0.05) is 128 Å². The van der Waals surface area contributed by atoms with Crippen LogP contribution in [0.4, 0.5) is 0 Å². The first-order chi connectivity index (χ1) is 24.0. The summed E-state index contributed by atoms with van der Waals surface area (Å²) in [7, 11) is 0. The van der Waals surface area contributed by atoms with Crippen molar-refractivity contribution in [2.24, 2.45) is 5.92 Å². The molecule has 2 aromatic rings. The van der Waals surface area contributed by atoms with Crippen LogP contribution in [0, 0.1) is 5.92 Å². The van der Waals surface area contributed by atoms with Gasteiger partial charge in [0.1, 0.15) is 0 Å². The number of esters is 1. The maximum Gasteiger partial charge on any atom is 0.311 e. The van der Waals surface area contributed by atoms with E-state index < -0.39 is 5.97 Å². The van der Waals surface area contributed by atoms with Crippen LogP contribution < -0.4 is 0 Å². The Morgan fingerprint density at radius 2 is 1.12 bits per heavy atom. The summed E-state index contributed by atoms with van der Waals surface area (Å²) in [6.45, 7) is 2.14. The van der Waals surface area contributed by atoms with E-state index in [0.717, 1.165) is 64.2 Å². The number of rotatable bonds is 17. The fourth-order valence-corrected chi connectivity index (χ4v) is 6.43. The fourth-order valence-electron chi connectivity index (χ4n) is 6.30. The number of fused-ring (bicyclic) bond motifs is 1. The van der Waals surface area contributed by atoms with Crippen molar-refractivity contribution in [3.63, 3.8) is 0 Å². The molecule has 0 unspecified atom stereocenters. The van der Waals surface area contributed by atoms with Crippen molar-refractivity contribution >= 4 is 29.1 Å². The van der Waals surface area contributed by atoms with Crippen LogP contribution in [0.3, 0.4) is 0 Å². The monoisotopic (exact) mass is 676 g/mol. The van der Waals surface area contributed by atoms with Crippen molar-refractivity contribution in [1.82, 2.24) is 0 Å². The van der Waals surface area contributed by atoms with Gasteiger partial charge < -0.3 is 4.74 Å². The molecule has 1 saturated carbocycles. The van der Waals surface area contributed by atoms with Crippen molar-refractivity contribution in [2.75, 3.05) is 0 Å². The van der Waals surface area contributed by atoms with Crippen molar-refractivity contribution in [2.45, 2.75) is 89.9 Å². The summed E-state index contributed by atoms with van der Waals surface area (Å²) in [5.74, 6) is -0.936. The number of ether oxygens (including phenoxy) is 1. The molecule has 2 aliphatic rings. The number of hydrogen-bond acceptors (Lipinski definition) is 4. The number of carbonyl (C=O) groups excluding carboxylic acids is 3. The quantitative estimate of drug-likeness (QED) is 0.124. The Hall–Kier alpha value is -4.28. The first-order valence-electron chi connectivity index (χ1n) is 17.8. The Kier molecular flexibility index (Phi) is 16.0. The predicted molar refractivity (Wildman–Crippen MR) is 202 cm³/mol. The molecule has 4 nitrogen and oxygen atoms in total. The highest BCUT2D eigenvalue weighted by atomic mass is 35.5. The molecule has 0 bridgehead atoms. The van der Waals surface area contributed by atoms with Crippen LogP contribution in [0.5, 0.6) is 0 Å². The van der Waals surface area contributed by atoms with Gasteiger partial charge in [0.25, 0.3) is 0 Å². The normalized spacial score (nSPS) is 18.7. The summed E-state index contributed by atoms with van der Waals surface area (Å²) < 4.78 is 5.75. The lowest BCUT2D eigenvalue weighted by molar-refractivity contribution is -0.139. The second-order valence-electron chi connectivity index (χ2n) is 12.5. The number of benzene rings is 2. The van der Waals surface area contributed by atoms with Crippen LogP contribution in [-0.2, 0) is 9.53 Å². The molecule has 0 aromatic heterocycles. The van der Waals surface area contributed by atoms with Gasteiger partial charge in [-0.25, -0.2) is 0 Å². The van der Waals surface area contributed by atoms with Crippen LogP contribution in [-0.4, -0.2) is 17.5 Å². The van der Waals surface area contributed by atoms with Gasteiger partial charge in [0.05, 0.1) is 5.57 Å². The van der Waals surface area contributed by atoms with Gasteiger partial charge in [0, 0.05) is 22.6 Å². The van der Waals surface area contributed by atoms with E-state index >= 15 is 0 Å². The Labute approximate surface area is 297 Å². The number of ketones is 2. The van der Waals surface area contributed by atoms with Gasteiger partial charge in [-0.3, -0.25) is 14.4 Å². The summed E-state index contributed by atoms with van der Waals surface area (Å²) in [6, 6.07) is 14.7. The van der Waals surface area contributed by atoms with E-state index in [1.54, 1.807) is 24.3 Å². The number of hydrogen-bond donors (Lipinski definition) is 0. The summed E-state index contributed by atoms with van der Waals surface area (Å²) >= 11 is 6.08. The molecule has 0 saturated heterocycles. The minimum Gasteiger partial charge on any atom is -0.422 e. The molecule has 0 radical (unpaired) electrons. The first kappa shape index (κ1) is 37.5. The molecule has 256 valence electrons. The molecule has 2 aromatic carbocycles. The summed E-state index contributed by atoms with van der Waals surface area (Å²) in [5, 5.41) is 0.708. The van der Waals surface area contributed by atoms with Crippen molar-refractivity contribution in [3.05, 3.63) is 154 Å². The second kappa shape index (κ2) is 20.9. The average Bonchev–Trinajstić information content (AvgIpc) is 3.12. The van der Waals surface area contributed by atoms with E-state index in [0.29, 0.717) is 34.1 Å². The van der Waals surface area contributed by atoms with E-state index in [2.05, 4.69) is 79.8 Å². The Bertz CT molecular complexity index is 1610. The highest BCUT2D eigenvalue weighted by molar-refractivity contribution is 6.30. The van der Waals surface area contributed by atoms with Crippen LogP contribution >= 0.6 is 11.6 Å². The summed E-state index contributed by atoms with van der Waals surface area (Å²) in [6.07, 6.45) is 35.2. The first-order valence-corrected chi connectivity index (χ1v) is 18.2. The molecule has 0 N–H and O–H groups in total. The molecule has 49 heavy (non-hydrogen) atoms. The smallest absolute Gasteiger partial charge is 0.311 e. The molecule has 0 atom stereocenters. The fraction of sp³-hybridized carbons (Fsp3) is 0.341. The van der Waals surface area contributed by atoms with Gasteiger partial charge in [-0.05, 0) is 100 Å². The second-order valence-corrected chi connectivity index (χ2v) is 12.9. The molecule has 0 heterocycles. The van der Waals surface area contributed by atoms with Gasteiger partial charge in [-0.2, -0.15) is 0 Å². The minimum atomic E-state index is -0.498. The van der Waals surface area contributed by atoms with Gasteiger partial charge in [-0.15, -0.1) is 0 Å². The summed E-state index contributed by atoms with van der Waals surface area (Å²) in [4.78, 5) is 40.3. The Morgan fingerprint density at radius 1 is 0.653 bits per heavy atom. The topological polar surface area (TPSA) is 60.4 Å². The van der Waals surface area contributed by atoms with Crippen LogP contribution in [0.1, 0.15) is 116 Å². The highest BCUT2D eigenvalue weighted by Gasteiger charge is 2.39. The zero-order valence-electron chi connectivity index (χ0n) is 28.7. The third-order valence-electron chi connectivity index (χ3n) is 8.92. The lowest BCUT2D eigenvalue weighted by atomic mass is 9.72. The SMILES string of the molecule is CC/C=C\C/C=C\C/C=C\C/C=C\C/C=C\C/C=C\CCC(=O)OC1=C(C2CCC(c3ccc(Cl)cc3)CC2)C(=O)c2ccccc2C1=O. The van der Waals surface area contributed by atoms with Gasteiger partial charge in [0.2, 0.25) is 5.78 Å². The molecule has 0 spiro atoms. The highest BCUT2D eigenvalue weighted by Crippen LogP contribution is 2.42. The largest absolute Gasteiger partial charge is 0.422 e. The maximum absolute atomic E-state index is 13.7. The van der Waals surface area contributed by atoms with Gasteiger partial charge in [0.15, 0.2) is 11.5 Å². The summed E-state index contributed by atoms with van der Waals surface area (Å²) in [5.41, 5.74) is 2.28. The van der Waals surface area contributed by atoms with Crippen LogP contribution in [0.15, 0.2) is 133 Å². The number of halogens is 1. The number of allylic oxidation sites excluding steroid dienone is 14. The Morgan fingerprint density at radius 3 is 1.65 bits per heavy atom.